The first-order valence-electron chi connectivity index (χ1n) is 8.97. The molecule has 0 unspecified atom stereocenters. The van der Waals surface area contributed by atoms with Gasteiger partial charge in [-0.05, 0) is 63.0 Å². The number of hydrogen-bond donors (Lipinski definition) is 3. The van der Waals surface area contributed by atoms with Crippen LogP contribution in [-0.4, -0.2) is 32.6 Å². The molecule has 4 atom stereocenters. The summed E-state index contributed by atoms with van der Waals surface area (Å²) in [4.78, 5) is 0. The van der Waals surface area contributed by atoms with Crippen LogP contribution in [0.1, 0.15) is 58.3 Å². The van der Waals surface area contributed by atoms with Crippen molar-refractivity contribution in [1.29, 1.82) is 0 Å². The molecule has 3 N–H and O–H groups in total. The first-order chi connectivity index (χ1) is 11.1. The fourth-order valence-corrected chi connectivity index (χ4v) is 3.26. The van der Waals surface area contributed by atoms with Crippen molar-refractivity contribution in [3.63, 3.8) is 0 Å². The van der Waals surface area contributed by atoms with Gasteiger partial charge in [-0.2, -0.15) is 0 Å². The molecule has 1 aromatic rings. The van der Waals surface area contributed by atoms with Gasteiger partial charge in [-0.3, -0.25) is 0 Å². The van der Waals surface area contributed by atoms with E-state index in [0.717, 1.165) is 18.4 Å². The third-order valence-electron chi connectivity index (χ3n) is 5.21. The van der Waals surface area contributed by atoms with Gasteiger partial charge >= 0.3 is 0 Å². The molecule has 0 saturated heterocycles. The SMILES string of the molecule is CC(C)[C@H]1/C=C/[C@@](C)(O)CC[C@@H](O)[C@](C)(O)Cc2cc(co2)CC1. The predicted octanol–water partition coefficient (Wildman–Crippen LogP) is 3.24. The molecule has 0 spiro atoms. The Hall–Kier alpha value is -1.10. The van der Waals surface area contributed by atoms with Crippen LogP contribution in [0.4, 0.5) is 0 Å². The van der Waals surface area contributed by atoms with Crippen molar-refractivity contribution >= 4 is 0 Å². The predicted molar refractivity (Wildman–Crippen MR) is 94.7 cm³/mol. The summed E-state index contributed by atoms with van der Waals surface area (Å²) >= 11 is 0. The van der Waals surface area contributed by atoms with E-state index in [0.29, 0.717) is 30.4 Å². The Balaban J connectivity index is 2.26. The van der Waals surface area contributed by atoms with Crippen LogP contribution in [0.2, 0.25) is 0 Å². The first kappa shape index (κ1) is 19.2. The minimum absolute atomic E-state index is 0.264. The molecule has 0 saturated carbocycles. The van der Waals surface area contributed by atoms with E-state index in [9.17, 15) is 15.3 Å². The van der Waals surface area contributed by atoms with E-state index in [2.05, 4.69) is 19.9 Å². The Morgan fingerprint density at radius 3 is 2.58 bits per heavy atom. The Labute approximate surface area is 145 Å². The first-order valence-corrected chi connectivity index (χ1v) is 8.97. The number of aliphatic hydroxyl groups excluding tert-OH is 1. The van der Waals surface area contributed by atoms with Gasteiger partial charge in [-0.25, -0.2) is 0 Å². The van der Waals surface area contributed by atoms with Gasteiger partial charge in [-0.1, -0.05) is 26.0 Å². The van der Waals surface area contributed by atoms with Crippen LogP contribution in [0, 0.1) is 11.8 Å². The lowest BCUT2D eigenvalue weighted by Crippen LogP contribution is -2.42. The molecule has 24 heavy (non-hydrogen) atoms. The minimum Gasteiger partial charge on any atom is -0.469 e. The van der Waals surface area contributed by atoms with Gasteiger partial charge in [0.25, 0.3) is 0 Å². The molecule has 2 rings (SSSR count). The van der Waals surface area contributed by atoms with Crippen LogP contribution < -0.4 is 0 Å². The molecule has 136 valence electrons. The van der Waals surface area contributed by atoms with Gasteiger partial charge < -0.3 is 19.7 Å². The average molecular weight is 336 g/mol. The van der Waals surface area contributed by atoms with E-state index < -0.39 is 17.3 Å². The molecule has 0 aromatic carbocycles. The molecule has 0 amide bonds. The molecular formula is C20H32O4. The van der Waals surface area contributed by atoms with E-state index in [-0.39, 0.29) is 6.42 Å². The number of furan rings is 1. The number of rotatable bonds is 1. The molecule has 2 bridgehead atoms. The molecule has 4 heteroatoms. The minimum atomic E-state index is -1.28. The topological polar surface area (TPSA) is 73.8 Å². The Morgan fingerprint density at radius 1 is 1.21 bits per heavy atom. The van der Waals surface area contributed by atoms with Gasteiger partial charge in [0, 0.05) is 6.42 Å². The second-order valence-corrected chi connectivity index (χ2v) is 8.17. The van der Waals surface area contributed by atoms with Gasteiger partial charge in [0.15, 0.2) is 0 Å². The zero-order chi connectivity index (χ0) is 18.0. The zero-order valence-corrected chi connectivity index (χ0v) is 15.3. The molecule has 1 heterocycles. The average Bonchev–Trinajstić information content (AvgIpc) is 2.90. The van der Waals surface area contributed by atoms with E-state index in [4.69, 9.17) is 4.42 Å². The summed E-state index contributed by atoms with van der Waals surface area (Å²) in [7, 11) is 0. The lowest BCUT2D eigenvalue weighted by molar-refractivity contribution is -0.0735. The fraction of sp³-hybridized carbons (Fsp3) is 0.700. The highest BCUT2D eigenvalue weighted by Crippen LogP contribution is 2.28. The van der Waals surface area contributed by atoms with Crippen molar-refractivity contribution in [2.24, 2.45) is 11.8 Å². The van der Waals surface area contributed by atoms with Crippen molar-refractivity contribution in [3.05, 3.63) is 35.8 Å². The number of aliphatic hydroxyl groups is 3. The summed E-state index contributed by atoms with van der Waals surface area (Å²) in [5.74, 6) is 1.56. The lowest BCUT2D eigenvalue weighted by Gasteiger charge is -2.30. The standard InChI is InChI=1S/C20H32O4/c1-14(2)16-6-5-15-11-17(24-13-15)12-20(4,23)18(21)8-10-19(3,22)9-7-16/h7,9,11,13-14,16,18,21-23H,5-6,8,10,12H2,1-4H3/b9-7+/t16-,18-,19-,20-/m1/s1. The monoisotopic (exact) mass is 336 g/mol. The summed E-state index contributed by atoms with van der Waals surface area (Å²) in [5.41, 5.74) is -1.15. The Bertz CT molecular complexity index is 554. The van der Waals surface area contributed by atoms with Crippen molar-refractivity contribution in [1.82, 2.24) is 0 Å². The number of fused-ring (bicyclic) bond motifs is 2. The Morgan fingerprint density at radius 2 is 1.92 bits per heavy atom. The van der Waals surface area contributed by atoms with Crippen LogP contribution >= 0.6 is 0 Å². The highest BCUT2D eigenvalue weighted by molar-refractivity contribution is 5.16. The van der Waals surface area contributed by atoms with Crippen LogP contribution in [0.15, 0.2) is 28.9 Å². The second-order valence-electron chi connectivity index (χ2n) is 8.17. The lowest BCUT2D eigenvalue weighted by atomic mass is 9.84. The van der Waals surface area contributed by atoms with Gasteiger partial charge in [0.1, 0.15) is 5.76 Å². The summed E-state index contributed by atoms with van der Waals surface area (Å²) in [6, 6.07) is 1.98. The summed E-state index contributed by atoms with van der Waals surface area (Å²) in [5, 5.41) is 31.5. The molecule has 0 radical (unpaired) electrons. The number of aryl methyl sites for hydroxylation is 1. The van der Waals surface area contributed by atoms with Gasteiger partial charge in [-0.15, -0.1) is 0 Å². The highest BCUT2D eigenvalue weighted by atomic mass is 16.4. The molecule has 4 nitrogen and oxygen atoms in total. The third kappa shape index (κ3) is 5.20. The molecule has 0 aliphatic heterocycles. The molecule has 1 aromatic heterocycles. The third-order valence-corrected chi connectivity index (χ3v) is 5.21. The number of allylic oxidation sites excluding steroid dienone is 1. The largest absolute Gasteiger partial charge is 0.469 e. The van der Waals surface area contributed by atoms with Crippen LogP contribution in [-0.2, 0) is 12.8 Å². The van der Waals surface area contributed by atoms with Crippen LogP contribution in [0.5, 0.6) is 0 Å². The second kappa shape index (κ2) is 7.42. The quantitative estimate of drug-likeness (QED) is 0.688. The maximum Gasteiger partial charge on any atom is 0.107 e. The van der Waals surface area contributed by atoms with Crippen molar-refractivity contribution < 1.29 is 19.7 Å². The normalized spacial score (nSPS) is 37.2. The van der Waals surface area contributed by atoms with Crippen LogP contribution in [0.3, 0.4) is 0 Å². The zero-order valence-electron chi connectivity index (χ0n) is 15.3. The maximum absolute atomic E-state index is 10.6. The summed E-state index contributed by atoms with van der Waals surface area (Å²) in [6.45, 7) is 7.75. The number of hydrogen-bond acceptors (Lipinski definition) is 4. The maximum atomic E-state index is 10.6. The van der Waals surface area contributed by atoms with Crippen LogP contribution in [0.25, 0.3) is 0 Å². The molecule has 1 aliphatic rings. The smallest absolute Gasteiger partial charge is 0.107 e. The summed E-state index contributed by atoms with van der Waals surface area (Å²) < 4.78 is 5.57. The van der Waals surface area contributed by atoms with E-state index in [1.54, 1.807) is 20.1 Å². The Kier molecular flexibility index (Phi) is 5.95. The highest BCUT2D eigenvalue weighted by Gasteiger charge is 2.33. The fourth-order valence-electron chi connectivity index (χ4n) is 3.26. The van der Waals surface area contributed by atoms with E-state index in [1.807, 2.05) is 12.1 Å². The van der Waals surface area contributed by atoms with Crippen molar-refractivity contribution in [2.75, 3.05) is 0 Å². The van der Waals surface area contributed by atoms with Gasteiger partial charge in [0.2, 0.25) is 0 Å². The van der Waals surface area contributed by atoms with Crippen molar-refractivity contribution in [3.8, 4) is 0 Å². The van der Waals surface area contributed by atoms with E-state index >= 15 is 0 Å². The van der Waals surface area contributed by atoms with Gasteiger partial charge in [0.05, 0.1) is 23.6 Å². The summed E-state index contributed by atoms with van der Waals surface area (Å²) in [6.07, 6.45) is 7.64. The van der Waals surface area contributed by atoms with Crippen molar-refractivity contribution in [2.45, 2.75) is 77.1 Å². The molecule has 0 fully saturated rings. The molecular weight excluding hydrogens is 304 g/mol. The molecule has 1 aliphatic carbocycles. The van der Waals surface area contributed by atoms with E-state index in [1.165, 1.54) is 0 Å².